The summed E-state index contributed by atoms with van der Waals surface area (Å²) in [5.74, 6) is 3.50. The molecule has 0 spiro atoms. The summed E-state index contributed by atoms with van der Waals surface area (Å²) in [5.41, 5.74) is 3.91. The number of aromatic nitrogens is 2. The first-order chi connectivity index (χ1) is 16.9. The quantitative estimate of drug-likeness (QED) is 0.266. The largest absolute Gasteiger partial charge is 0.493 e. The summed E-state index contributed by atoms with van der Waals surface area (Å²) in [4.78, 5) is 9.27. The second-order valence-electron chi connectivity index (χ2n) is 8.32. The molecular formula is C28H30ClN3O3. The number of ether oxygens (including phenoxy) is 3. The van der Waals surface area contributed by atoms with E-state index in [2.05, 4.69) is 47.3 Å². The summed E-state index contributed by atoms with van der Waals surface area (Å²) < 4.78 is 16.9. The maximum Gasteiger partial charge on any atom is 0.162 e. The van der Waals surface area contributed by atoms with E-state index in [0.717, 1.165) is 45.6 Å². The van der Waals surface area contributed by atoms with Crippen molar-refractivity contribution < 1.29 is 14.2 Å². The van der Waals surface area contributed by atoms with Crippen LogP contribution < -0.4 is 19.5 Å². The third kappa shape index (κ3) is 5.43. The number of fused-ring (bicyclic) bond motifs is 1. The summed E-state index contributed by atoms with van der Waals surface area (Å²) in [6, 6.07) is 17.9. The topological polar surface area (TPSA) is 65.5 Å². The van der Waals surface area contributed by atoms with E-state index in [1.54, 1.807) is 14.2 Å². The molecule has 3 aromatic carbocycles. The number of aryl methyl sites for hydroxylation is 1. The van der Waals surface area contributed by atoms with Gasteiger partial charge >= 0.3 is 0 Å². The number of anilines is 1. The standard InChI is InChI=1S/C28H30ClN3O3/c1-6-12-35-25-11-10-21(29)14-22(25)20-9-7-8-19(13-20)17(2)30-28-23-15-26(33-4)27(34-5)16-24(23)31-18(3)32-28/h7-11,13-17H,6,12H2,1-5H3,(H,30,31,32). The predicted octanol–water partition coefficient (Wildman–Crippen LogP) is 7.24. The zero-order valence-corrected chi connectivity index (χ0v) is 21.4. The lowest BCUT2D eigenvalue weighted by atomic mass is 9.99. The molecule has 1 atom stereocenters. The van der Waals surface area contributed by atoms with Crippen molar-refractivity contribution in [1.29, 1.82) is 0 Å². The highest BCUT2D eigenvalue weighted by atomic mass is 35.5. The minimum absolute atomic E-state index is 0.0280. The van der Waals surface area contributed by atoms with Gasteiger partial charge in [0, 0.05) is 28.1 Å². The number of nitrogens with one attached hydrogen (secondary N) is 1. The van der Waals surface area contributed by atoms with Gasteiger partial charge in [0.15, 0.2) is 11.5 Å². The molecule has 0 bridgehead atoms. The van der Waals surface area contributed by atoms with Crippen LogP contribution in [-0.2, 0) is 0 Å². The van der Waals surface area contributed by atoms with Crippen LogP contribution in [0.25, 0.3) is 22.0 Å². The third-order valence-electron chi connectivity index (χ3n) is 5.77. The highest BCUT2D eigenvalue weighted by Crippen LogP contribution is 2.37. The van der Waals surface area contributed by atoms with Gasteiger partial charge < -0.3 is 19.5 Å². The van der Waals surface area contributed by atoms with Gasteiger partial charge in [-0.25, -0.2) is 9.97 Å². The van der Waals surface area contributed by atoms with Crippen molar-refractivity contribution in [2.24, 2.45) is 0 Å². The van der Waals surface area contributed by atoms with Gasteiger partial charge in [-0.2, -0.15) is 0 Å². The molecule has 0 fully saturated rings. The Morgan fingerprint density at radius 2 is 1.71 bits per heavy atom. The summed E-state index contributed by atoms with van der Waals surface area (Å²) >= 11 is 6.33. The van der Waals surface area contributed by atoms with Crippen molar-refractivity contribution in [3.05, 3.63) is 71.0 Å². The van der Waals surface area contributed by atoms with Gasteiger partial charge in [0.2, 0.25) is 0 Å². The molecule has 1 unspecified atom stereocenters. The Kier molecular flexibility index (Phi) is 7.61. The van der Waals surface area contributed by atoms with E-state index in [9.17, 15) is 0 Å². The molecule has 4 aromatic rings. The fraction of sp³-hybridized carbons (Fsp3) is 0.286. The van der Waals surface area contributed by atoms with E-state index in [1.165, 1.54) is 0 Å². The van der Waals surface area contributed by atoms with E-state index in [0.29, 0.717) is 29.0 Å². The summed E-state index contributed by atoms with van der Waals surface area (Å²) in [5, 5.41) is 5.10. The molecule has 0 amide bonds. The van der Waals surface area contributed by atoms with E-state index in [4.69, 9.17) is 25.8 Å². The summed E-state index contributed by atoms with van der Waals surface area (Å²) in [6.07, 6.45) is 0.937. The van der Waals surface area contributed by atoms with Gasteiger partial charge in [0.25, 0.3) is 0 Å². The summed E-state index contributed by atoms with van der Waals surface area (Å²) in [7, 11) is 3.23. The van der Waals surface area contributed by atoms with E-state index < -0.39 is 0 Å². The van der Waals surface area contributed by atoms with Crippen molar-refractivity contribution in [2.75, 3.05) is 26.1 Å². The SMILES string of the molecule is CCCOc1ccc(Cl)cc1-c1cccc(C(C)Nc2nc(C)nc3cc(OC)c(OC)cc23)c1. The molecule has 0 radical (unpaired) electrons. The fourth-order valence-electron chi connectivity index (χ4n) is 4.01. The average Bonchev–Trinajstić information content (AvgIpc) is 2.87. The van der Waals surface area contributed by atoms with Crippen molar-refractivity contribution in [3.8, 4) is 28.4 Å². The van der Waals surface area contributed by atoms with Crippen molar-refractivity contribution in [2.45, 2.75) is 33.2 Å². The predicted molar refractivity (Wildman–Crippen MR) is 142 cm³/mol. The second-order valence-corrected chi connectivity index (χ2v) is 8.76. The molecule has 0 aliphatic heterocycles. The van der Waals surface area contributed by atoms with Crippen LogP contribution in [0.15, 0.2) is 54.6 Å². The van der Waals surface area contributed by atoms with Crippen molar-refractivity contribution in [3.63, 3.8) is 0 Å². The molecule has 182 valence electrons. The van der Waals surface area contributed by atoms with Crippen LogP contribution in [0.3, 0.4) is 0 Å². The zero-order valence-electron chi connectivity index (χ0n) is 20.7. The average molecular weight is 492 g/mol. The van der Waals surface area contributed by atoms with Gasteiger partial charge in [-0.3, -0.25) is 0 Å². The minimum atomic E-state index is -0.0280. The Morgan fingerprint density at radius 3 is 2.46 bits per heavy atom. The molecule has 0 aliphatic carbocycles. The molecule has 1 N–H and O–H groups in total. The maximum atomic E-state index is 6.33. The molecule has 0 saturated carbocycles. The molecule has 35 heavy (non-hydrogen) atoms. The lowest BCUT2D eigenvalue weighted by molar-refractivity contribution is 0.318. The molecule has 1 aromatic heterocycles. The molecule has 0 aliphatic rings. The summed E-state index contributed by atoms with van der Waals surface area (Å²) in [6.45, 7) is 6.73. The second kappa shape index (κ2) is 10.8. The van der Waals surface area contributed by atoms with Gasteiger partial charge in [0.1, 0.15) is 17.4 Å². The van der Waals surface area contributed by atoms with Crippen LogP contribution in [0.4, 0.5) is 5.82 Å². The number of halogens is 1. The Hall–Kier alpha value is -3.51. The third-order valence-corrected chi connectivity index (χ3v) is 6.00. The molecule has 1 heterocycles. The first kappa shape index (κ1) is 24.6. The van der Waals surface area contributed by atoms with E-state index >= 15 is 0 Å². The van der Waals surface area contributed by atoms with Crippen LogP contribution in [0, 0.1) is 6.92 Å². The van der Waals surface area contributed by atoms with Crippen LogP contribution in [0.5, 0.6) is 17.2 Å². The fourth-order valence-corrected chi connectivity index (χ4v) is 4.18. The molecular weight excluding hydrogens is 462 g/mol. The molecule has 0 saturated heterocycles. The highest BCUT2D eigenvalue weighted by molar-refractivity contribution is 6.31. The smallest absolute Gasteiger partial charge is 0.162 e. The number of rotatable bonds is 9. The Morgan fingerprint density at radius 1 is 0.943 bits per heavy atom. The Balaban J connectivity index is 1.69. The first-order valence-corrected chi connectivity index (χ1v) is 12.0. The molecule has 4 rings (SSSR count). The van der Waals surface area contributed by atoms with Gasteiger partial charge in [-0.1, -0.05) is 36.7 Å². The van der Waals surface area contributed by atoms with E-state index in [1.807, 2.05) is 43.3 Å². The van der Waals surface area contributed by atoms with Crippen LogP contribution in [0.1, 0.15) is 37.7 Å². The van der Waals surface area contributed by atoms with Gasteiger partial charge in [-0.05, 0) is 61.7 Å². The number of nitrogens with zero attached hydrogens (tertiary/aromatic N) is 2. The zero-order chi connectivity index (χ0) is 24.9. The van der Waals surface area contributed by atoms with Gasteiger partial charge in [0.05, 0.1) is 26.3 Å². The Labute approximate surface area is 211 Å². The number of methoxy groups -OCH3 is 2. The maximum absolute atomic E-state index is 6.33. The molecule has 7 heteroatoms. The number of benzene rings is 3. The highest BCUT2D eigenvalue weighted by Gasteiger charge is 2.16. The van der Waals surface area contributed by atoms with E-state index in [-0.39, 0.29) is 6.04 Å². The first-order valence-electron chi connectivity index (χ1n) is 11.6. The van der Waals surface area contributed by atoms with Crippen LogP contribution in [0.2, 0.25) is 5.02 Å². The lowest BCUT2D eigenvalue weighted by Gasteiger charge is -2.19. The normalized spacial score (nSPS) is 11.8. The minimum Gasteiger partial charge on any atom is -0.493 e. The van der Waals surface area contributed by atoms with Crippen molar-refractivity contribution >= 4 is 28.3 Å². The number of hydrogen-bond acceptors (Lipinski definition) is 6. The number of hydrogen-bond donors (Lipinski definition) is 1. The van der Waals surface area contributed by atoms with Crippen LogP contribution >= 0.6 is 11.6 Å². The van der Waals surface area contributed by atoms with Gasteiger partial charge in [-0.15, -0.1) is 0 Å². The van der Waals surface area contributed by atoms with Crippen LogP contribution in [-0.4, -0.2) is 30.8 Å². The Bertz CT molecular complexity index is 1340. The molecule has 6 nitrogen and oxygen atoms in total. The monoisotopic (exact) mass is 491 g/mol. The van der Waals surface area contributed by atoms with Crippen molar-refractivity contribution in [1.82, 2.24) is 9.97 Å². The lowest BCUT2D eigenvalue weighted by Crippen LogP contribution is -2.10.